The van der Waals surface area contributed by atoms with Crippen molar-refractivity contribution < 1.29 is 9.90 Å². The number of hydrogen-bond acceptors (Lipinski definition) is 2. The van der Waals surface area contributed by atoms with Gasteiger partial charge in [0.2, 0.25) is 5.91 Å². The fourth-order valence-corrected chi connectivity index (χ4v) is 1.37. The molecular formula is C10H21NO2. The topological polar surface area (TPSA) is 49.3 Å². The fraction of sp³-hybridized carbons (Fsp3) is 0.900. The summed E-state index contributed by atoms with van der Waals surface area (Å²) in [6.07, 6.45) is 1.18. The Morgan fingerprint density at radius 1 is 1.54 bits per heavy atom. The number of aliphatic hydroxyl groups is 1. The van der Waals surface area contributed by atoms with Crippen LogP contribution >= 0.6 is 0 Å². The van der Waals surface area contributed by atoms with Gasteiger partial charge >= 0.3 is 0 Å². The minimum Gasteiger partial charge on any atom is -0.388 e. The largest absolute Gasteiger partial charge is 0.388 e. The van der Waals surface area contributed by atoms with Gasteiger partial charge in [-0.25, -0.2) is 0 Å². The number of nitrogens with one attached hydrogen (secondary N) is 1. The first kappa shape index (κ1) is 12.4. The van der Waals surface area contributed by atoms with Gasteiger partial charge in [0.05, 0.1) is 5.60 Å². The lowest BCUT2D eigenvalue weighted by atomic mass is 9.94. The highest BCUT2D eigenvalue weighted by Crippen LogP contribution is 2.14. The molecule has 0 rings (SSSR count). The molecule has 0 saturated heterocycles. The zero-order valence-electron chi connectivity index (χ0n) is 9.05. The van der Waals surface area contributed by atoms with Crippen molar-refractivity contribution in [2.75, 3.05) is 6.54 Å². The monoisotopic (exact) mass is 187 g/mol. The lowest BCUT2D eigenvalue weighted by Crippen LogP contribution is -2.41. The molecule has 0 aliphatic heterocycles. The molecule has 0 radical (unpaired) electrons. The zero-order valence-corrected chi connectivity index (χ0v) is 9.05. The molecule has 2 N–H and O–H groups in total. The summed E-state index contributed by atoms with van der Waals surface area (Å²) in [6, 6.07) is 0. The van der Waals surface area contributed by atoms with Gasteiger partial charge in [-0.05, 0) is 19.3 Å². The molecule has 0 saturated carbocycles. The minimum atomic E-state index is -0.779. The maximum atomic E-state index is 10.9. The van der Waals surface area contributed by atoms with Crippen LogP contribution in [0.5, 0.6) is 0 Å². The molecule has 78 valence electrons. The molecule has 0 aromatic heterocycles. The maximum absolute atomic E-state index is 10.9. The van der Waals surface area contributed by atoms with E-state index in [4.69, 9.17) is 0 Å². The molecule has 0 bridgehead atoms. The molecule has 0 aliphatic rings. The second-order valence-corrected chi connectivity index (χ2v) is 4.23. The van der Waals surface area contributed by atoms with Crippen molar-refractivity contribution in [3.63, 3.8) is 0 Å². The number of hydrogen-bond donors (Lipinski definition) is 2. The minimum absolute atomic E-state index is 0.0102. The molecule has 0 fully saturated rings. The van der Waals surface area contributed by atoms with E-state index in [-0.39, 0.29) is 5.91 Å². The molecule has 3 heteroatoms. The van der Waals surface area contributed by atoms with E-state index in [2.05, 4.69) is 19.2 Å². The Morgan fingerprint density at radius 2 is 2.08 bits per heavy atom. The lowest BCUT2D eigenvalue weighted by Gasteiger charge is -2.25. The molecule has 0 aromatic rings. The van der Waals surface area contributed by atoms with Crippen LogP contribution in [-0.2, 0) is 4.79 Å². The van der Waals surface area contributed by atoms with Crippen molar-refractivity contribution in [2.24, 2.45) is 5.92 Å². The highest BCUT2D eigenvalue weighted by Gasteiger charge is 2.21. The first-order valence-corrected chi connectivity index (χ1v) is 4.86. The average molecular weight is 187 g/mol. The van der Waals surface area contributed by atoms with Gasteiger partial charge in [0.1, 0.15) is 0 Å². The Balaban J connectivity index is 3.81. The van der Waals surface area contributed by atoms with Crippen molar-refractivity contribution in [2.45, 2.75) is 46.1 Å². The molecule has 0 aromatic carbocycles. The average Bonchev–Trinajstić information content (AvgIpc) is 1.98. The number of carbonyl (C=O) groups excluding carboxylic acids is 1. The predicted octanol–water partition coefficient (Wildman–Crippen LogP) is 1.31. The standard InChI is InChI=1S/C10H21NO2/c1-5-9(12)11-7-10(4,13)6-8(2)3/h8,13H,5-7H2,1-4H3,(H,11,12). The smallest absolute Gasteiger partial charge is 0.219 e. The van der Waals surface area contributed by atoms with Crippen LogP contribution in [0.4, 0.5) is 0 Å². The number of carbonyl (C=O) groups is 1. The van der Waals surface area contributed by atoms with E-state index in [9.17, 15) is 9.90 Å². The van der Waals surface area contributed by atoms with Gasteiger partial charge in [0.25, 0.3) is 0 Å². The Kier molecular flexibility index (Phi) is 4.99. The summed E-state index contributed by atoms with van der Waals surface area (Å²) in [5.41, 5.74) is -0.779. The third kappa shape index (κ3) is 6.58. The van der Waals surface area contributed by atoms with E-state index in [1.54, 1.807) is 13.8 Å². The van der Waals surface area contributed by atoms with Crippen molar-refractivity contribution in [3.8, 4) is 0 Å². The molecule has 0 spiro atoms. The molecule has 13 heavy (non-hydrogen) atoms. The van der Waals surface area contributed by atoms with E-state index in [0.29, 0.717) is 25.3 Å². The third-order valence-corrected chi connectivity index (χ3v) is 1.84. The van der Waals surface area contributed by atoms with Gasteiger partial charge in [-0.3, -0.25) is 4.79 Å². The summed E-state index contributed by atoms with van der Waals surface area (Å²) in [4.78, 5) is 10.9. The Bertz CT molecular complexity index is 164. The first-order valence-electron chi connectivity index (χ1n) is 4.86. The summed E-state index contributed by atoms with van der Waals surface area (Å²) in [5.74, 6) is 0.428. The fourth-order valence-electron chi connectivity index (χ4n) is 1.37. The Hall–Kier alpha value is -0.570. The second-order valence-electron chi connectivity index (χ2n) is 4.23. The van der Waals surface area contributed by atoms with Gasteiger partial charge in [-0.2, -0.15) is 0 Å². The Labute approximate surface area is 80.5 Å². The van der Waals surface area contributed by atoms with E-state index < -0.39 is 5.60 Å². The SMILES string of the molecule is CCC(=O)NCC(C)(O)CC(C)C. The van der Waals surface area contributed by atoms with Gasteiger partial charge in [-0.1, -0.05) is 20.8 Å². The quantitative estimate of drug-likeness (QED) is 0.681. The van der Waals surface area contributed by atoms with Crippen molar-refractivity contribution in [3.05, 3.63) is 0 Å². The highest BCUT2D eigenvalue weighted by atomic mass is 16.3. The van der Waals surface area contributed by atoms with Crippen LogP contribution in [-0.4, -0.2) is 23.2 Å². The molecule has 0 heterocycles. The molecule has 0 aliphatic carbocycles. The van der Waals surface area contributed by atoms with Gasteiger partial charge < -0.3 is 10.4 Å². The van der Waals surface area contributed by atoms with E-state index in [0.717, 1.165) is 0 Å². The summed E-state index contributed by atoms with van der Waals surface area (Å²) in [5, 5.41) is 12.5. The molecular weight excluding hydrogens is 166 g/mol. The van der Waals surface area contributed by atoms with Crippen LogP contribution < -0.4 is 5.32 Å². The maximum Gasteiger partial charge on any atom is 0.219 e. The Morgan fingerprint density at radius 3 is 2.46 bits per heavy atom. The summed E-state index contributed by atoms with van der Waals surface area (Å²) in [6.45, 7) is 8.00. The van der Waals surface area contributed by atoms with Gasteiger partial charge in [0.15, 0.2) is 0 Å². The second kappa shape index (κ2) is 5.22. The molecule has 3 nitrogen and oxygen atoms in total. The predicted molar refractivity (Wildman–Crippen MR) is 53.4 cm³/mol. The summed E-state index contributed by atoms with van der Waals surface area (Å²) < 4.78 is 0. The first-order chi connectivity index (χ1) is 5.87. The molecule has 1 amide bonds. The number of amides is 1. The van der Waals surface area contributed by atoms with Crippen LogP contribution in [0, 0.1) is 5.92 Å². The van der Waals surface area contributed by atoms with E-state index in [1.807, 2.05) is 0 Å². The van der Waals surface area contributed by atoms with E-state index in [1.165, 1.54) is 0 Å². The van der Waals surface area contributed by atoms with E-state index >= 15 is 0 Å². The van der Waals surface area contributed by atoms with Crippen LogP contribution in [0.3, 0.4) is 0 Å². The van der Waals surface area contributed by atoms with Crippen LogP contribution in [0.1, 0.15) is 40.5 Å². The van der Waals surface area contributed by atoms with Crippen molar-refractivity contribution in [1.82, 2.24) is 5.32 Å². The highest BCUT2D eigenvalue weighted by molar-refractivity contribution is 5.75. The molecule has 1 atom stereocenters. The lowest BCUT2D eigenvalue weighted by molar-refractivity contribution is -0.122. The van der Waals surface area contributed by atoms with Crippen molar-refractivity contribution in [1.29, 1.82) is 0 Å². The summed E-state index contributed by atoms with van der Waals surface area (Å²) >= 11 is 0. The normalized spacial score (nSPS) is 15.5. The zero-order chi connectivity index (χ0) is 10.5. The van der Waals surface area contributed by atoms with Gasteiger partial charge in [0, 0.05) is 13.0 Å². The van der Waals surface area contributed by atoms with Crippen molar-refractivity contribution >= 4 is 5.91 Å². The molecule has 1 unspecified atom stereocenters. The summed E-state index contributed by atoms with van der Waals surface area (Å²) in [7, 11) is 0. The number of rotatable bonds is 5. The van der Waals surface area contributed by atoms with Crippen LogP contribution in [0.25, 0.3) is 0 Å². The van der Waals surface area contributed by atoms with Gasteiger partial charge in [-0.15, -0.1) is 0 Å². The van der Waals surface area contributed by atoms with Crippen LogP contribution in [0.2, 0.25) is 0 Å². The third-order valence-electron chi connectivity index (χ3n) is 1.84. The van der Waals surface area contributed by atoms with Crippen LogP contribution in [0.15, 0.2) is 0 Å².